The molecule has 0 bridgehead atoms. The summed E-state index contributed by atoms with van der Waals surface area (Å²) >= 11 is 0. The van der Waals surface area contributed by atoms with Gasteiger partial charge >= 0.3 is 0 Å². The van der Waals surface area contributed by atoms with Crippen molar-refractivity contribution < 1.29 is 4.79 Å². The van der Waals surface area contributed by atoms with Crippen molar-refractivity contribution in [3.05, 3.63) is 0 Å². The zero-order valence-corrected chi connectivity index (χ0v) is 8.98. The minimum absolute atomic E-state index is 0.0223. The third-order valence-electron chi connectivity index (χ3n) is 2.57. The molecular formula is C10H15N3O. The zero-order chi connectivity index (χ0) is 10.9. The molecule has 0 radical (unpaired) electrons. The Bertz CT molecular complexity index is 306. The molecule has 0 aromatic carbocycles. The van der Waals surface area contributed by atoms with Crippen LogP contribution in [0, 0.1) is 29.1 Å². The van der Waals surface area contributed by atoms with Gasteiger partial charge in [-0.1, -0.05) is 27.7 Å². The molecule has 0 aromatic rings. The van der Waals surface area contributed by atoms with Gasteiger partial charge in [-0.05, 0) is 5.92 Å². The molecule has 1 atom stereocenters. The number of ketones is 1. The van der Waals surface area contributed by atoms with Gasteiger partial charge in [-0.2, -0.15) is 5.26 Å². The number of nitriles is 1. The maximum atomic E-state index is 11.9. The summed E-state index contributed by atoms with van der Waals surface area (Å²) in [7, 11) is 0. The molecule has 0 aromatic heterocycles. The van der Waals surface area contributed by atoms with E-state index >= 15 is 0 Å². The van der Waals surface area contributed by atoms with E-state index in [9.17, 15) is 4.79 Å². The Hall–Kier alpha value is -1.24. The number of hydrogen-bond donors (Lipinski definition) is 0. The molecule has 1 heterocycles. The van der Waals surface area contributed by atoms with Crippen LogP contribution < -0.4 is 0 Å². The molecule has 0 fully saturated rings. The molecular weight excluding hydrogens is 178 g/mol. The van der Waals surface area contributed by atoms with Crippen LogP contribution >= 0.6 is 0 Å². The summed E-state index contributed by atoms with van der Waals surface area (Å²) < 4.78 is 0. The molecule has 0 saturated carbocycles. The van der Waals surface area contributed by atoms with Crippen LogP contribution in [0.5, 0.6) is 0 Å². The first-order valence-electron chi connectivity index (χ1n) is 4.83. The van der Waals surface area contributed by atoms with E-state index in [1.165, 1.54) is 0 Å². The third kappa shape index (κ3) is 1.54. The topological polar surface area (TPSA) is 65.6 Å². The van der Waals surface area contributed by atoms with Gasteiger partial charge in [0.2, 0.25) is 5.78 Å². The van der Waals surface area contributed by atoms with Crippen LogP contribution in [-0.2, 0) is 4.79 Å². The summed E-state index contributed by atoms with van der Waals surface area (Å²) in [6.45, 7) is 7.52. The molecule has 4 heteroatoms. The van der Waals surface area contributed by atoms with Gasteiger partial charge in [0.1, 0.15) is 5.92 Å². The second kappa shape index (κ2) is 3.49. The standard InChI is InChI=1S/C10H15N3O/c1-6(2)8(5-11)9(14)10(7(3)4)12-13-10/h6-8H,1-4H3. The SMILES string of the molecule is CC(C)C(C#N)C(=O)C1(C(C)C)N=N1. The molecule has 1 aliphatic rings. The van der Waals surface area contributed by atoms with E-state index < -0.39 is 11.6 Å². The average Bonchev–Trinajstić information content (AvgIpc) is 2.83. The smallest absolute Gasteiger partial charge is 0.251 e. The Kier molecular flexibility index (Phi) is 2.70. The lowest BCUT2D eigenvalue weighted by molar-refractivity contribution is -0.126. The molecule has 14 heavy (non-hydrogen) atoms. The van der Waals surface area contributed by atoms with Crippen molar-refractivity contribution in [3.8, 4) is 6.07 Å². The number of rotatable bonds is 4. The van der Waals surface area contributed by atoms with E-state index in [0.29, 0.717) is 0 Å². The molecule has 0 aliphatic carbocycles. The van der Waals surface area contributed by atoms with E-state index in [1.807, 2.05) is 33.8 Å². The fourth-order valence-corrected chi connectivity index (χ4v) is 1.41. The van der Waals surface area contributed by atoms with Gasteiger partial charge in [0, 0.05) is 5.92 Å². The Morgan fingerprint density at radius 2 is 1.79 bits per heavy atom. The lowest BCUT2D eigenvalue weighted by Crippen LogP contribution is -2.37. The van der Waals surface area contributed by atoms with Crippen molar-refractivity contribution in [2.45, 2.75) is 33.4 Å². The Balaban J connectivity index is 2.80. The lowest BCUT2D eigenvalue weighted by Gasteiger charge is -2.18. The van der Waals surface area contributed by atoms with Crippen molar-refractivity contribution in [2.75, 3.05) is 0 Å². The van der Waals surface area contributed by atoms with Crippen LogP contribution in [0.3, 0.4) is 0 Å². The lowest BCUT2D eigenvalue weighted by atomic mass is 9.83. The summed E-state index contributed by atoms with van der Waals surface area (Å²) in [4.78, 5) is 11.9. The van der Waals surface area contributed by atoms with Gasteiger partial charge < -0.3 is 0 Å². The summed E-state index contributed by atoms with van der Waals surface area (Å²) in [6, 6.07) is 2.03. The van der Waals surface area contributed by atoms with Crippen LogP contribution in [0.1, 0.15) is 27.7 Å². The highest BCUT2D eigenvalue weighted by atomic mass is 16.1. The number of carbonyl (C=O) groups is 1. The number of hydrogen-bond acceptors (Lipinski definition) is 4. The molecule has 1 aliphatic heterocycles. The summed E-state index contributed by atoms with van der Waals surface area (Å²) in [6.07, 6.45) is 0. The van der Waals surface area contributed by atoms with Crippen LogP contribution in [0.15, 0.2) is 10.2 Å². The normalized spacial score (nSPS) is 19.5. The molecule has 0 spiro atoms. The van der Waals surface area contributed by atoms with Crippen LogP contribution in [0.2, 0.25) is 0 Å². The van der Waals surface area contributed by atoms with Crippen molar-refractivity contribution in [1.82, 2.24) is 0 Å². The van der Waals surface area contributed by atoms with Gasteiger partial charge in [-0.3, -0.25) is 4.79 Å². The molecule has 1 rings (SSSR count). The highest BCUT2D eigenvalue weighted by Crippen LogP contribution is 2.40. The largest absolute Gasteiger partial charge is 0.293 e. The second-order valence-electron chi connectivity index (χ2n) is 4.30. The van der Waals surface area contributed by atoms with Crippen molar-refractivity contribution >= 4 is 5.78 Å². The maximum absolute atomic E-state index is 11.9. The monoisotopic (exact) mass is 193 g/mol. The highest BCUT2D eigenvalue weighted by Gasteiger charge is 2.53. The predicted molar refractivity (Wildman–Crippen MR) is 51.4 cm³/mol. The predicted octanol–water partition coefficient (Wildman–Crippen LogP) is 2.17. The number of Topliss-reactive ketones (excluding diaryl/α,β-unsaturated/α-hetero) is 1. The quantitative estimate of drug-likeness (QED) is 0.686. The van der Waals surface area contributed by atoms with E-state index in [-0.39, 0.29) is 17.6 Å². The fraction of sp³-hybridized carbons (Fsp3) is 0.800. The van der Waals surface area contributed by atoms with Gasteiger partial charge in [0.05, 0.1) is 6.07 Å². The van der Waals surface area contributed by atoms with E-state index in [2.05, 4.69) is 10.2 Å². The van der Waals surface area contributed by atoms with Gasteiger partial charge in [-0.25, -0.2) is 0 Å². The molecule has 4 nitrogen and oxygen atoms in total. The minimum atomic E-state index is -0.898. The van der Waals surface area contributed by atoms with Gasteiger partial charge in [-0.15, -0.1) is 10.2 Å². The van der Waals surface area contributed by atoms with Gasteiger partial charge in [0.25, 0.3) is 5.66 Å². The third-order valence-corrected chi connectivity index (χ3v) is 2.57. The van der Waals surface area contributed by atoms with Crippen molar-refractivity contribution in [2.24, 2.45) is 28.0 Å². The Morgan fingerprint density at radius 1 is 1.29 bits per heavy atom. The average molecular weight is 193 g/mol. The molecule has 1 unspecified atom stereocenters. The van der Waals surface area contributed by atoms with Gasteiger partial charge in [0.15, 0.2) is 0 Å². The first-order valence-corrected chi connectivity index (χ1v) is 4.83. The molecule has 0 N–H and O–H groups in total. The first kappa shape index (κ1) is 10.8. The van der Waals surface area contributed by atoms with Crippen molar-refractivity contribution in [1.29, 1.82) is 5.26 Å². The van der Waals surface area contributed by atoms with E-state index in [4.69, 9.17) is 5.26 Å². The zero-order valence-electron chi connectivity index (χ0n) is 8.98. The Morgan fingerprint density at radius 3 is 2.00 bits per heavy atom. The summed E-state index contributed by atoms with van der Waals surface area (Å²) in [5.41, 5.74) is -0.898. The second-order valence-corrected chi connectivity index (χ2v) is 4.30. The van der Waals surface area contributed by atoms with Crippen LogP contribution in [0.4, 0.5) is 0 Å². The fourth-order valence-electron chi connectivity index (χ4n) is 1.41. The van der Waals surface area contributed by atoms with E-state index in [1.54, 1.807) is 0 Å². The highest BCUT2D eigenvalue weighted by molar-refractivity contribution is 5.94. The molecule has 0 saturated heterocycles. The minimum Gasteiger partial charge on any atom is -0.293 e. The number of carbonyl (C=O) groups excluding carboxylic acids is 1. The number of nitrogens with zero attached hydrogens (tertiary/aromatic N) is 3. The summed E-state index contributed by atoms with van der Waals surface area (Å²) in [5.74, 6) is -0.670. The molecule has 0 amide bonds. The van der Waals surface area contributed by atoms with Crippen LogP contribution in [0.25, 0.3) is 0 Å². The summed E-state index contributed by atoms with van der Waals surface area (Å²) in [5, 5.41) is 16.5. The molecule has 76 valence electrons. The van der Waals surface area contributed by atoms with Crippen LogP contribution in [-0.4, -0.2) is 11.4 Å². The van der Waals surface area contributed by atoms with Crippen molar-refractivity contribution in [3.63, 3.8) is 0 Å². The maximum Gasteiger partial charge on any atom is 0.251 e. The first-order chi connectivity index (χ1) is 6.45. The Labute approximate surface area is 84.0 Å². The van der Waals surface area contributed by atoms with E-state index in [0.717, 1.165) is 0 Å².